The van der Waals surface area contributed by atoms with Gasteiger partial charge in [-0.3, -0.25) is 0 Å². The van der Waals surface area contributed by atoms with Crippen LogP contribution >= 0.6 is 0 Å². The van der Waals surface area contributed by atoms with Gasteiger partial charge in [0.25, 0.3) is 0 Å². The molecule has 0 bridgehead atoms. The van der Waals surface area contributed by atoms with Crippen molar-refractivity contribution in [1.82, 2.24) is 0 Å². The van der Waals surface area contributed by atoms with Gasteiger partial charge in [0.1, 0.15) is 5.82 Å². The molecule has 0 fully saturated rings. The Bertz CT molecular complexity index is 435. The molecule has 0 saturated carbocycles. The maximum Gasteiger partial charge on any atom is 1.00 e. The Balaban J connectivity index is 0.00000256. The summed E-state index contributed by atoms with van der Waals surface area (Å²) in [5.41, 5.74) is -2.58. The summed E-state index contributed by atoms with van der Waals surface area (Å²) in [7, 11) is 0.904. The van der Waals surface area contributed by atoms with E-state index in [4.69, 9.17) is 0 Å². The predicted molar refractivity (Wildman–Crippen MR) is 46.4 cm³/mol. The van der Waals surface area contributed by atoms with Crippen molar-refractivity contribution >= 4 is 18.4 Å². The molecule has 1 aromatic rings. The molecular formula is C8H5BF5KO2. The number of ether oxygens (including phenoxy) is 1. The van der Waals surface area contributed by atoms with Crippen LogP contribution in [0.15, 0.2) is 12.1 Å². The Morgan fingerprint density at radius 1 is 1.18 bits per heavy atom. The van der Waals surface area contributed by atoms with E-state index in [1.807, 2.05) is 0 Å². The van der Waals surface area contributed by atoms with Crippen molar-refractivity contribution in [1.29, 1.82) is 0 Å². The molecule has 0 aromatic heterocycles. The summed E-state index contributed by atoms with van der Waals surface area (Å²) in [5.74, 6) is -4.41. The number of rotatable bonds is 2. The van der Waals surface area contributed by atoms with E-state index in [1.54, 1.807) is 0 Å². The van der Waals surface area contributed by atoms with E-state index < -0.39 is 35.6 Å². The first-order chi connectivity index (χ1) is 7.27. The number of esters is 1. The Kier molecular flexibility index (Phi) is 6.29. The van der Waals surface area contributed by atoms with Gasteiger partial charge in [-0.05, 0) is 12.1 Å². The average molecular weight is 278 g/mol. The van der Waals surface area contributed by atoms with Crippen LogP contribution in [0.2, 0.25) is 0 Å². The largest absolute Gasteiger partial charge is 1.00 e. The molecule has 0 aliphatic carbocycles. The Morgan fingerprint density at radius 2 is 1.71 bits per heavy atom. The minimum atomic E-state index is -5.66. The topological polar surface area (TPSA) is 26.3 Å². The van der Waals surface area contributed by atoms with Crippen LogP contribution in [0, 0.1) is 11.6 Å². The van der Waals surface area contributed by atoms with Gasteiger partial charge in [-0.25, -0.2) is 13.6 Å². The maximum atomic E-state index is 13.0. The van der Waals surface area contributed by atoms with Crippen molar-refractivity contribution < 1.29 is 82.6 Å². The molecule has 0 heterocycles. The number of methoxy groups -OCH3 is 1. The fourth-order valence-corrected chi connectivity index (χ4v) is 1.08. The summed E-state index contributed by atoms with van der Waals surface area (Å²) in [4.78, 5) is 10.8. The zero-order valence-corrected chi connectivity index (χ0v) is 12.1. The second-order valence-electron chi connectivity index (χ2n) is 2.92. The van der Waals surface area contributed by atoms with E-state index in [1.165, 1.54) is 0 Å². The van der Waals surface area contributed by atoms with Gasteiger partial charge >= 0.3 is 64.3 Å². The van der Waals surface area contributed by atoms with Gasteiger partial charge < -0.3 is 17.7 Å². The molecule has 17 heavy (non-hydrogen) atoms. The average Bonchev–Trinajstić information content (AvgIpc) is 2.18. The fourth-order valence-electron chi connectivity index (χ4n) is 1.08. The molecule has 0 unspecified atom stereocenters. The SMILES string of the molecule is COC(=O)c1cc(F)c([B-](F)(F)F)cc1F.[K+]. The smallest absolute Gasteiger partial charge is 0.465 e. The van der Waals surface area contributed by atoms with E-state index in [0.29, 0.717) is 0 Å². The van der Waals surface area contributed by atoms with Crippen LogP contribution in [-0.2, 0) is 4.74 Å². The standard InChI is InChI=1S/C8H5BF5O2.K/c1-16-8(15)4-2-7(11)5(3-6(4)10)9(12,13)14;/h2-3H,1H3;/q-1;+1. The normalized spacial score (nSPS) is 10.7. The summed E-state index contributed by atoms with van der Waals surface area (Å²) in [6, 6.07) is 0.118. The Hall–Kier alpha value is 0.0413. The first-order valence-electron chi connectivity index (χ1n) is 4.04. The number of halogens is 5. The minimum absolute atomic E-state index is 0. The molecule has 9 heteroatoms. The molecule has 0 atom stereocenters. The third kappa shape index (κ3) is 4.02. The van der Waals surface area contributed by atoms with Crippen molar-refractivity contribution in [3.63, 3.8) is 0 Å². The molecule has 1 aromatic carbocycles. The van der Waals surface area contributed by atoms with Gasteiger partial charge in [-0.15, -0.1) is 0 Å². The van der Waals surface area contributed by atoms with E-state index in [9.17, 15) is 26.5 Å². The van der Waals surface area contributed by atoms with Crippen LogP contribution in [0.25, 0.3) is 0 Å². The summed E-state index contributed by atoms with van der Waals surface area (Å²) in [5, 5.41) is 0. The third-order valence-electron chi connectivity index (χ3n) is 1.84. The second kappa shape index (κ2) is 6.28. The van der Waals surface area contributed by atoms with Crippen LogP contribution in [0.5, 0.6) is 0 Å². The zero-order chi connectivity index (χ0) is 12.5. The number of benzene rings is 1. The van der Waals surface area contributed by atoms with Crippen molar-refractivity contribution in [2.45, 2.75) is 0 Å². The van der Waals surface area contributed by atoms with Gasteiger partial charge in [0.2, 0.25) is 0 Å². The third-order valence-corrected chi connectivity index (χ3v) is 1.84. The van der Waals surface area contributed by atoms with Gasteiger partial charge in [-0.2, -0.15) is 0 Å². The molecule has 88 valence electrons. The van der Waals surface area contributed by atoms with E-state index >= 15 is 0 Å². The van der Waals surface area contributed by atoms with Gasteiger partial charge in [-0.1, -0.05) is 5.46 Å². The van der Waals surface area contributed by atoms with Crippen molar-refractivity contribution in [3.8, 4) is 0 Å². The quantitative estimate of drug-likeness (QED) is 0.386. The number of hydrogen-bond acceptors (Lipinski definition) is 2. The van der Waals surface area contributed by atoms with E-state index in [2.05, 4.69) is 4.74 Å². The van der Waals surface area contributed by atoms with Gasteiger partial charge in [0.05, 0.1) is 18.5 Å². The minimum Gasteiger partial charge on any atom is -0.465 e. The van der Waals surface area contributed by atoms with Crippen LogP contribution in [0.3, 0.4) is 0 Å². The Labute approximate surface area is 136 Å². The van der Waals surface area contributed by atoms with Crippen LogP contribution < -0.4 is 56.8 Å². The molecule has 1 rings (SSSR count). The molecule has 0 saturated heterocycles. The summed E-state index contributed by atoms with van der Waals surface area (Å²) in [6.45, 7) is -5.66. The zero-order valence-electron chi connectivity index (χ0n) is 8.94. The molecule has 0 amide bonds. The predicted octanol–water partition coefficient (Wildman–Crippen LogP) is -1.19. The molecule has 0 N–H and O–H groups in total. The molecule has 0 spiro atoms. The number of carbonyl (C=O) groups is 1. The van der Waals surface area contributed by atoms with Crippen LogP contribution in [-0.4, -0.2) is 20.1 Å². The maximum absolute atomic E-state index is 13.0. The number of carbonyl (C=O) groups excluding carboxylic acids is 1. The molecule has 0 radical (unpaired) electrons. The first-order valence-corrected chi connectivity index (χ1v) is 4.04. The summed E-state index contributed by atoms with van der Waals surface area (Å²) < 4.78 is 66.6. The second-order valence-corrected chi connectivity index (χ2v) is 2.92. The fraction of sp³-hybridized carbons (Fsp3) is 0.125. The van der Waals surface area contributed by atoms with E-state index in [0.717, 1.165) is 7.11 Å². The molecule has 2 nitrogen and oxygen atoms in total. The van der Waals surface area contributed by atoms with Gasteiger partial charge in [0, 0.05) is 0 Å². The molecule has 0 aliphatic rings. The monoisotopic (exact) mass is 278 g/mol. The summed E-state index contributed by atoms with van der Waals surface area (Å²) >= 11 is 0. The Morgan fingerprint density at radius 3 is 2.12 bits per heavy atom. The van der Waals surface area contributed by atoms with Crippen LogP contribution in [0.1, 0.15) is 10.4 Å². The van der Waals surface area contributed by atoms with Gasteiger partial charge in [0.15, 0.2) is 0 Å². The summed E-state index contributed by atoms with van der Waals surface area (Å²) in [6.07, 6.45) is 0. The van der Waals surface area contributed by atoms with Crippen molar-refractivity contribution in [2.24, 2.45) is 0 Å². The van der Waals surface area contributed by atoms with E-state index in [-0.39, 0.29) is 63.5 Å². The van der Waals surface area contributed by atoms with Crippen molar-refractivity contribution in [2.75, 3.05) is 7.11 Å². The first kappa shape index (κ1) is 17.0. The van der Waals surface area contributed by atoms with Crippen molar-refractivity contribution in [3.05, 3.63) is 29.3 Å². The van der Waals surface area contributed by atoms with Crippen LogP contribution in [0.4, 0.5) is 21.7 Å². The molecule has 0 aliphatic heterocycles. The molecular weight excluding hydrogens is 273 g/mol. The number of hydrogen-bond donors (Lipinski definition) is 0.